The Hall–Kier alpha value is -0.830. The first-order valence-corrected chi connectivity index (χ1v) is 6.14. The molecule has 82 valence electrons. The van der Waals surface area contributed by atoms with E-state index in [4.69, 9.17) is 4.74 Å². The molecule has 0 bridgehead atoms. The van der Waals surface area contributed by atoms with Crippen LogP contribution in [0.15, 0.2) is 18.2 Å². The van der Waals surface area contributed by atoms with Gasteiger partial charge in [-0.15, -0.1) is 0 Å². The smallest absolute Gasteiger partial charge is 0.122 e. The molecule has 0 aromatic heterocycles. The molecule has 1 aliphatic rings. The minimum atomic E-state index is 0.861. The van der Waals surface area contributed by atoms with E-state index in [1.165, 1.54) is 11.3 Å². The number of rotatable bonds is 4. The van der Waals surface area contributed by atoms with E-state index in [0.29, 0.717) is 0 Å². The maximum atomic E-state index is 5.56. The van der Waals surface area contributed by atoms with Gasteiger partial charge in [-0.3, -0.25) is 0 Å². The third-order valence-corrected chi connectivity index (χ3v) is 2.89. The van der Waals surface area contributed by atoms with E-state index in [1.807, 2.05) is 0 Å². The second-order valence-corrected chi connectivity index (χ2v) is 4.23. The van der Waals surface area contributed by atoms with Crippen LogP contribution in [0, 0.1) is 0 Å². The molecule has 1 aliphatic heterocycles. The van der Waals surface area contributed by atoms with Crippen molar-refractivity contribution in [3.05, 3.63) is 23.8 Å². The number of hydrogen-bond acceptors (Lipinski definition) is 3. The van der Waals surface area contributed by atoms with Gasteiger partial charge in [-0.25, -0.2) is 0 Å². The quantitative estimate of drug-likeness (QED) is 0.605. The summed E-state index contributed by atoms with van der Waals surface area (Å²) in [6, 6.07) is 6.35. The SMILES string of the molecule is SCCCNc1ccc2c(c1)CCCO2. The Labute approximate surface area is 96.4 Å². The van der Waals surface area contributed by atoms with Crippen LogP contribution in [-0.4, -0.2) is 18.9 Å². The first kappa shape index (κ1) is 10.7. The molecule has 0 aliphatic carbocycles. The van der Waals surface area contributed by atoms with Crippen molar-refractivity contribution in [1.29, 1.82) is 0 Å². The van der Waals surface area contributed by atoms with E-state index < -0.39 is 0 Å². The van der Waals surface area contributed by atoms with Gasteiger partial charge in [0.2, 0.25) is 0 Å². The van der Waals surface area contributed by atoms with Crippen LogP contribution in [0.1, 0.15) is 18.4 Å². The molecule has 3 heteroatoms. The van der Waals surface area contributed by atoms with Crippen LogP contribution in [0.2, 0.25) is 0 Å². The topological polar surface area (TPSA) is 21.3 Å². The van der Waals surface area contributed by atoms with Gasteiger partial charge in [-0.2, -0.15) is 12.6 Å². The van der Waals surface area contributed by atoms with Gasteiger partial charge in [0.05, 0.1) is 6.61 Å². The van der Waals surface area contributed by atoms with Crippen molar-refractivity contribution >= 4 is 18.3 Å². The number of benzene rings is 1. The van der Waals surface area contributed by atoms with Gasteiger partial charge >= 0.3 is 0 Å². The van der Waals surface area contributed by atoms with Crippen LogP contribution in [0.5, 0.6) is 5.75 Å². The fourth-order valence-electron chi connectivity index (χ4n) is 1.78. The number of fused-ring (bicyclic) bond motifs is 1. The molecule has 0 saturated carbocycles. The lowest BCUT2D eigenvalue weighted by molar-refractivity contribution is 0.288. The van der Waals surface area contributed by atoms with Crippen LogP contribution in [-0.2, 0) is 6.42 Å². The molecule has 2 rings (SSSR count). The number of aryl methyl sites for hydroxylation is 1. The first-order valence-electron chi connectivity index (χ1n) is 5.50. The monoisotopic (exact) mass is 223 g/mol. The van der Waals surface area contributed by atoms with Crippen LogP contribution in [0.25, 0.3) is 0 Å². The van der Waals surface area contributed by atoms with Gasteiger partial charge in [-0.1, -0.05) is 0 Å². The minimum Gasteiger partial charge on any atom is -0.493 e. The molecule has 0 amide bonds. The van der Waals surface area contributed by atoms with Gasteiger partial charge in [0.15, 0.2) is 0 Å². The Kier molecular flexibility index (Phi) is 3.78. The third-order valence-electron chi connectivity index (χ3n) is 2.57. The molecule has 0 radical (unpaired) electrons. The first-order chi connectivity index (χ1) is 7.40. The van der Waals surface area contributed by atoms with E-state index >= 15 is 0 Å². The molecule has 0 saturated heterocycles. The Morgan fingerprint density at radius 3 is 3.20 bits per heavy atom. The molecule has 0 fully saturated rings. The summed E-state index contributed by atoms with van der Waals surface area (Å²) in [7, 11) is 0. The zero-order chi connectivity index (χ0) is 10.5. The minimum absolute atomic E-state index is 0.861. The zero-order valence-electron chi connectivity index (χ0n) is 8.83. The van der Waals surface area contributed by atoms with Gasteiger partial charge < -0.3 is 10.1 Å². The molecule has 1 N–H and O–H groups in total. The molecular formula is C12H17NOS. The maximum Gasteiger partial charge on any atom is 0.122 e. The van der Waals surface area contributed by atoms with Crippen molar-refractivity contribution < 1.29 is 4.74 Å². The summed E-state index contributed by atoms with van der Waals surface area (Å²) in [5.74, 6) is 1.99. The number of anilines is 1. The van der Waals surface area contributed by atoms with Crippen LogP contribution in [0.3, 0.4) is 0 Å². The highest BCUT2D eigenvalue weighted by Gasteiger charge is 2.09. The molecule has 1 heterocycles. The standard InChI is InChI=1S/C12H17NOS/c15-8-2-6-13-11-4-5-12-10(9-11)3-1-7-14-12/h4-5,9,13,15H,1-3,6-8H2. The van der Waals surface area contributed by atoms with E-state index in [2.05, 4.69) is 36.1 Å². The fourth-order valence-corrected chi connectivity index (χ4v) is 1.94. The van der Waals surface area contributed by atoms with Crippen LogP contribution < -0.4 is 10.1 Å². The lowest BCUT2D eigenvalue weighted by atomic mass is 10.1. The molecule has 0 atom stereocenters. The third kappa shape index (κ3) is 2.81. The van der Waals surface area contributed by atoms with E-state index in [9.17, 15) is 0 Å². The second kappa shape index (κ2) is 5.31. The van der Waals surface area contributed by atoms with E-state index in [0.717, 1.165) is 43.9 Å². The summed E-state index contributed by atoms with van der Waals surface area (Å²) in [6.45, 7) is 1.85. The van der Waals surface area contributed by atoms with Gasteiger partial charge in [0, 0.05) is 12.2 Å². The fraction of sp³-hybridized carbons (Fsp3) is 0.500. The van der Waals surface area contributed by atoms with Crippen LogP contribution in [0.4, 0.5) is 5.69 Å². The highest BCUT2D eigenvalue weighted by atomic mass is 32.1. The molecule has 2 nitrogen and oxygen atoms in total. The predicted molar refractivity (Wildman–Crippen MR) is 67.2 cm³/mol. The average Bonchev–Trinajstić information content (AvgIpc) is 2.29. The molecule has 1 aromatic rings. The van der Waals surface area contributed by atoms with Gasteiger partial charge in [0.25, 0.3) is 0 Å². The maximum absolute atomic E-state index is 5.56. The number of nitrogens with one attached hydrogen (secondary N) is 1. The van der Waals surface area contributed by atoms with Crippen molar-refractivity contribution in [1.82, 2.24) is 0 Å². The summed E-state index contributed by atoms with van der Waals surface area (Å²) in [4.78, 5) is 0. The van der Waals surface area contributed by atoms with E-state index in [-0.39, 0.29) is 0 Å². The highest BCUT2D eigenvalue weighted by molar-refractivity contribution is 7.80. The molecule has 1 aromatic carbocycles. The lowest BCUT2D eigenvalue weighted by Gasteiger charge is -2.18. The lowest BCUT2D eigenvalue weighted by Crippen LogP contribution is -2.09. The van der Waals surface area contributed by atoms with E-state index in [1.54, 1.807) is 0 Å². The number of hydrogen-bond donors (Lipinski definition) is 2. The summed E-state index contributed by atoms with van der Waals surface area (Å²) >= 11 is 4.19. The molecule has 0 spiro atoms. The Bertz CT molecular complexity index is 327. The summed E-state index contributed by atoms with van der Waals surface area (Å²) in [5, 5.41) is 3.39. The molecular weight excluding hydrogens is 206 g/mol. The number of thiol groups is 1. The highest BCUT2D eigenvalue weighted by Crippen LogP contribution is 2.27. The summed E-state index contributed by atoms with van der Waals surface area (Å²) in [6.07, 6.45) is 3.36. The zero-order valence-corrected chi connectivity index (χ0v) is 9.72. The van der Waals surface area contributed by atoms with Crippen LogP contribution >= 0.6 is 12.6 Å². The Morgan fingerprint density at radius 2 is 2.33 bits per heavy atom. The molecule has 15 heavy (non-hydrogen) atoms. The number of ether oxygens (including phenoxy) is 1. The second-order valence-electron chi connectivity index (χ2n) is 3.78. The average molecular weight is 223 g/mol. The van der Waals surface area contributed by atoms with Crippen molar-refractivity contribution in [2.24, 2.45) is 0 Å². The summed E-state index contributed by atoms with van der Waals surface area (Å²) < 4.78 is 5.56. The Morgan fingerprint density at radius 1 is 1.40 bits per heavy atom. The van der Waals surface area contributed by atoms with Gasteiger partial charge in [-0.05, 0) is 48.8 Å². The van der Waals surface area contributed by atoms with Gasteiger partial charge in [0.1, 0.15) is 5.75 Å². The normalized spacial score (nSPS) is 14.2. The summed E-state index contributed by atoms with van der Waals surface area (Å²) in [5.41, 5.74) is 2.53. The van der Waals surface area contributed by atoms with Crippen molar-refractivity contribution in [2.45, 2.75) is 19.3 Å². The predicted octanol–water partition coefficient (Wildman–Crippen LogP) is 2.74. The largest absolute Gasteiger partial charge is 0.493 e. The van der Waals surface area contributed by atoms with Crippen molar-refractivity contribution in [3.63, 3.8) is 0 Å². The van der Waals surface area contributed by atoms with Crippen molar-refractivity contribution in [2.75, 3.05) is 24.2 Å². The van der Waals surface area contributed by atoms with Crippen molar-refractivity contribution in [3.8, 4) is 5.75 Å². The molecule has 0 unspecified atom stereocenters. The Balaban J connectivity index is 2.00.